The van der Waals surface area contributed by atoms with Crippen LogP contribution in [0.2, 0.25) is 0 Å². The smallest absolute Gasteiger partial charge is 0.339 e. The summed E-state index contributed by atoms with van der Waals surface area (Å²) in [5.74, 6) is -1.48. The number of benzene rings is 2. The molecule has 0 aliphatic rings. The Morgan fingerprint density at radius 1 is 1.24 bits per heavy atom. The van der Waals surface area contributed by atoms with Crippen LogP contribution in [0.4, 0.5) is 20.8 Å². The van der Waals surface area contributed by atoms with E-state index in [1.165, 1.54) is 29.5 Å². The molecular formula is C15H11FN2O2S. The summed E-state index contributed by atoms with van der Waals surface area (Å²) in [6.45, 7) is 0. The molecule has 6 heteroatoms. The predicted molar refractivity (Wildman–Crippen MR) is 82.9 cm³/mol. The van der Waals surface area contributed by atoms with Gasteiger partial charge in [-0.2, -0.15) is 0 Å². The lowest BCUT2D eigenvalue weighted by atomic mass is 10.1. The maximum atomic E-state index is 13.3. The predicted octanol–water partition coefficient (Wildman–Crippen LogP) is 4.06. The molecule has 0 radical (unpaired) electrons. The normalized spacial score (nSPS) is 10.7. The van der Waals surface area contributed by atoms with Gasteiger partial charge in [-0.25, -0.2) is 9.18 Å². The lowest BCUT2D eigenvalue weighted by Crippen LogP contribution is -2.01. The Bertz CT molecular complexity index is 845. The van der Waals surface area contributed by atoms with Crippen LogP contribution in [0, 0.1) is 5.82 Å². The van der Waals surface area contributed by atoms with E-state index in [0.29, 0.717) is 21.8 Å². The number of nitrogens with two attached hydrogens (primary N) is 1. The summed E-state index contributed by atoms with van der Waals surface area (Å²) in [6, 6.07) is 11.1. The fraction of sp³-hybridized carbons (Fsp3) is 0. The minimum Gasteiger partial charge on any atom is -0.478 e. The van der Waals surface area contributed by atoms with Crippen LogP contribution in [0.3, 0.4) is 0 Å². The van der Waals surface area contributed by atoms with Crippen molar-refractivity contribution in [2.75, 3.05) is 11.1 Å². The third-order valence-corrected chi connectivity index (χ3v) is 4.16. The molecule has 1 aromatic heterocycles. The van der Waals surface area contributed by atoms with Crippen LogP contribution in [0.1, 0.15) is 10.4 Å². The van der Waals surface area contributed by atoms with Crippen LogP contribution in [-0.4, -0.2) is 11.1 Å². The van der Waals surface area contributed by atoms with Gasteiger partial charge in [0.25, 0.3) is 0 Å². The Kier molecular flexibility index (Phi) is 3.23. The van der Waals surface area contributed by atoms with E-state index in [2.05, 4.69) is 5.32 Å². The first-order chi connectivity index (χ1) is 10.1. The minimum absolute atomic E-state index is 0.166. The van der Waals surface area contributed by atoms with Crippen LogP contribution >= 0.6 is 11.3 Å². The number of carbonyl (C=O) groups is 1. The number of aromatic carboxylic acids is 1. The van der Waals surface area contributed by atoms with Crippen LogP contribution in [0.5, 0.6) is 0 Å². The molecule has 0 unspecified atom stereocenters. The lowest BCUT2D eigenvalue weighted by Gasteiger charge is -2.08. The van der Waals surface area contributed by atoms with E-state index in [-0.39, 0.29) is 5.56 Å². The lowest BCUT2D eigenvalue weighted by molar-refractivity contribution is 0.0700. The molecule has 0 aliphatic carbocycles. The average Bonchev–Trinajstić information content (AvgIpc) is 2.80. The van der Waals surface area contributed by atoms with Gasteiger partial charge in [0.05, 0.1) is 11.4 Å². The second-order valence-electron chi connectivity index (χ2n) is 4.46. The molecule has 3 aromatic rings. The van der Waals surface area contributed by atoms with Crippen molar-refractivity contribution in [3.8, 4) is 0 Å². The number of fused-ring (bicyclic) bond motifs is 1. The quantitative estimate of drug-likeness (QED) is 0.638. The van der Waals surface area contributed by atoms with Gasteiger partial charge in [-0.1, -0.05) is 18.2 Å². The van der Waals surface area contributed by atoms with Crippen LogP contribution < -0.4 is 11.1 Å². The van der Waals surface area contributed by atoms with Gasteiger partial charge in [-0.05, 0) is 24.3 Å². The standard InChI is InChI=1S/C15H11FN2O2S/c16-8-5-6-10(17)11(7-8)18-14-13(15(19)20)9-3-1-2-4-12(9)21-14/h1-7,18H,17H2,(H,19,20). The Morgan fingerprint density at radius 2 is 2.00 bits per heavy atom. The number of carboxylic acids is 1. The van der Waals surface area contributed by atoms with Crippen LogP contribution in [0.15, 0.2) is 42.5 Å². The summed E-state index contributed by atoms with van der Waals surface area (Å²) in [5, 5.41) is 13.4. The van der Waals surface area contributed by atoms with Crippen molar-refractivity contribution >= 4 is 43.8 Å². The van der Waals surface area contributed by atoms with Crippen LogP contribution in [0.25, 0.3) is 10.1 Å². The molecule has 0 aliphatic heterocycles. The molecule has 0 amide bonds. The van der Waals surface area contributed by atoms with Crippen molar-refractivity contribution in [2.24, 2.45) is 0 Å². The van der Waals surface area contributed by atoms with Crippen molar-refractivity contribution in [1.82, 2.24) is 0 Å². The van der Waals surface area contributed by atoms with Gasteiger partial charge in [-0.3, -0.25) is 0 Å². The van der Waals surface area contributed by atoms with Gasteiger partial charge in [0.2, 0.25) is 0 Å². The zero-order chi connectivity index (χ0) is 15.0. The van der Waals surface area contributed by atoms with E-state index in [1.54, 1.807) is 12.1 Å². The highest BCUT2D eigenvalue weighted by molar-refractivity contribution is 7.23. The van der Waals surface area contributed by atoms with Crippen molar-refractivity contribution in [3.63, 3.8) is 0 Å². The molecule has 0 atom stereocenters. The minimum atomic E-state index is -1.04. The second-order valence-corrected chi connectivity index (χ2v) is 5.52. The summed E-state index contributed by atoms with van der Waals surface area (Å²) < 4.78 is 14.1. The molecule has 0 bridgehead atoms. The van der Waals surface area contributed by atoms with Gasteiger partial charge in [0, 0.05) is 10.1 Å². The molecule has 4 N–H and O–H groups in total. The highest BCUT2D eigenvalue weighted by Gasteiger charge is 2.18. The Hall–Kier alpha value is -2.60. The molecule has 21 heavy (non-hydrogen) atoms. The molecule has 4 nitrogen and oxygen atoms in total. The van der Waals surface area contributed by atoms with Crippen molar-refractivity contribution in [2.45, 2.75) is 0 Å². The average molecular weight is 302 g/mol. The molecule has 0 fully saturated rings. The van der Waals surface area contributed by atoms with Gasteiger partial charge < -0.3 is 16.2 Å². The fourth-order valence-electron chi connectivity index (χ4n) is 2.10. The van der Waals surface area contributed by atoms with Gasteiger partial charge in [-0.15, -0.1) is 11.3 Å². The molecular weight excluding hydrogens is 291 g/mol. The maximum absolute atomic E-state index is 13.3. The van der Waals surface area contributed by atoms with Crippen molar-refractivity contribution in [1.29, 1.82) is 0 Å². The number of hydrogen-bond acceptors (Lipinski definition) is 4. The zero-order valence-electron chi connectivity index (χ0n) is 10.8. The highest BCUT2D eigenvalue weighted by Crippen LogP contribution is 2.38. The van der Waals surface area contributed by atoms with E-state index >= 15 is 0 Å². The number of hydrogen-bond donors (Lipinski definition) is 3. The maximum Gasteiger partial charge on any atom is 0.339 e. The summed E-state index contributed by atoms with van der Waals surface area (Å²) >= 11 is 1.29. The number of carboxylic acid groups (broad SMARTS) is 1. The monoisotopic (exact) mass is 302 g/mol. The third-order valence-electron chi connectivity index (χ3n) is 3.07. The number of nitrogen functional groups attached to an aromatic ring is 1. The Morgan fingerprint density at radius 3 is 2.76 bits per heavy atom. The first kappa shape index (κ1) is 13.4. The zero-order valence-corrected chi connectivity index (χ0v) is 11.6. The number of rotatable bonds is 3. The number of halogens is 1. The van der Waals surface area contributed by atoms with E-state index in [9.17, 15) is 14.3 Å². The van der Waals surface area contributed by atoms with E-state index in [4.69, 9.17) is 5.73 Å². The van der Waals surface area contributed by atoms with Crippen molar-refractivity contribution < 1.29 is 14.3 Å². The fourth-order valence-corrected chi connectivity index (χ4v) is 3.21. The van der Waals surface area contributed by atoms with E-state index in [0.717, 1.165) is 4.70 Å². The van der Waals surface area contributed by atoms with Gasteiger partial charge in [0.15, 0.2) is 0 Å². The first-order valence-electron chi connectivity index (χ1n) is 6.13. The molecule has 2 aromatic carbocycles. The molecule has 1 heterocycles. The summed E-state index contributed by atoms with van der Waals surface area (Å²) in [6.07, 6.45) is 0. The third kappa shape index (κ3) is 2.41. The summed E-state index contributed by atoms with van der Waals surface area (Å²) in [5.41, 5.74) is 6.65. The first-order valence-corrected chi connectivity index (χ1v) is 6.95. The van der Waals surface area contributed by atoms with Gasteiger partial charge in [0.1, 0.15) is 16.4 Å². The SMILES string of the molecule is Nc1ccc(F)cc1Nc1sc2ccccc2c1C(=O)O. The second kappa shape index (κ2) is 5.06. The molecule has 0 saturated heterocycles. The number of nitrogens with one attached hydrogen (secondary N) is 1. The number of thiophene rings is 1. The highest BCUT2D eigenvalue weighted by atomic mass is 32.1. The molecule has 0 saturated carbocycles. The van der Waals surface area contributed by atoms with Gasteiger partial charge >= 0.3 is 5.97 Å². The van der Waals surface area contributed by atoms with Crippen molar-refractivity contribution in [3.05, 3.63) is 53.8 Å². The summed E-state index contributed by atoms with van der Waals surface area (Å²) in [4.78, 5) is 11.5. The number of anilines is 3. The summed E-state index contributed by atoms with van der Waals surface area (Å²) in [7, 11) is 0. The molecule has 0 spiro atoms. The van der Waals surface area contributed by atoms with E-state index in [1.807, 2.05) is 12.1 Å². The largest absolute Gasteiger partial charge is 0.478 e. The Labute approximate surface area is 123 Å². The molecule has 3 rings (SSSR count). The van der Waals surface area contributed by atoms with E-state index < -0.39 is 11.8 Å². The topological polar surface area (TPSA) is 75.3 Å². The van der Waals surface area contributed by atoms with Crippen LogP contribution in [-0.2, 0) is 0 Å². The molecule has 106 valence electrons. The Balaban J connectivity index is 2.14.